The molecule has 4 heterocycles. The highest BCUT2D eigenvalue weighted by Crippen LogP contribution is 2.40. The zero-order valence-corrected chi connectivity index (χ0v) is 16.8. The minimum absolute atomic E-state index is 0.121. The van der Waals surface area contributed by atoms with Gasteiger partial charge in [-0.05, 0) is 36.6 Å². The van der Waals surface area contributed by atoms with Crippen molar-refractivity contribution in [2.24, 2.45) is 0 Å². The van der Waals surface area contributed by atoms with Gasteiger partial charge in [-0.25, -0.2) is 9.78 Å². The molecule has 0 unspecified atom stereocenters. The second kappa shape index (κ2) is 6.15. The van der Waals surface area contributed by atoms with Crippen LogP contribution in [0.4, 0.5) is 0 Å². The summed E-state index contributed by atoms with van der Waals surface area (Å²) in [7, 11) is 0. The SMILES string of the molecule is CCc1c2c(nc3cc(Cl)ccc13)-c1cc3c(c(=O)n1C2)COC(=O)[C@]3(O)CC. The minimum atomic E-state index is -1.82. The van der Waals surface area contributed by atoms with Gasteiger partial charge >= 0.3 is 5.97 Å². The molecular formula is C22H19ClN2O4. The quantitative estimate of drug-likeness (QED) is 0.513. The molecule has 7 heteroatoms. The fourth-order valence-electron chi connectivity index (χ4n) is 4.54. The van der Waals surface area contributed by atoms with Gasteiger partial charge in [-0.1, -0.05) is 31.5 Å². The second-order valence-corrected chi connectivity index (χ2v) is 7.97. The molecule has 2 aliphatic rings. The molecule has 2 aromatic heterocycles. The van der Waals surface area contributed by atoms with E-state index in [1.54, 1.807) is 17.6 Å². The molecule has 29 heavy (non-hydrogen) atoms. The third-order valence-electron chi connectivity index (χ3n) is 6.12. The fraction of sp³-hybridized carbons (Fsp3) is 0.318. The van der Waals surface area contributed by atoms with Gasteiger partial charge in [0.1, 0.15) is 6.61 Å². The molecule has 1 aromatic carbocycles. The summed E-state index contributed by atoms with van der Waals surface area (Å²) in [4.78, 5) is 30.3. The van der Waals surface area contributed by atoms with E-state index >= 15 is 0 Å². The van der Waals surface area contributed by atoms with Crippen molar-refractivity contribution in [3.8, 4) is 11.4 Å². The van der Waals surface area contributed by atoms with E-state index in [4.69, 9.17) is 21.3 Å². The molecule has 3 aromatic rings. The van der Waals surface area contributed by atoms with Crippen LogP contribution in [-0.4, -0.2) is 20.6 Å². The summed E-state index contributed by atoms with van der Waals surface area (Å²) in [6.07, 6.45) is 0.904. The first-order valence-electron chi connectivity index (χ1n) is 9.67. The second-order valence-electron chi connectivity index (χ2n) is 7.54. The lowest BCUT2D eigenvalue weighted by atomic mass is 9.86. The molecule has 1 N–H and O–H groups in total. The Labute approximate surface area is 171 Å². The van der Waals surface area contributed by atoms with E-state index in [9.17, 15) is 14.7 Å². The lowest BCUT2D eigenvalue weighted by molar-refractivity contribution is -0.172. The Balaban J connectivity index is 1.84. The van der Waals surface area contributed by atoms with E-state index < -0.39 is 11.6 Å². The van der Waals surface area contributed by atoms with Crippen molar-refractivity contribution in [1.82, 2.24) is 9.55 Å². The van der Waals surface area contributed by atoms with Crippen molar-refractivity contribution in [3.05, 3.63) is 61.9 Å². The summed E-state index contributed by atoms with van der Waals surface area (Å²) in [5, 5.41) is 12.6. The number of halogens is 1. The van der Waals surface area contributed by atoms with Gasteiger partial charge in [0.25, 0.3) is 5.56 Å². The summed E-state index contributed by atoms with van der Waals surface area (Å²) in [5.74, 6) is -0.720. The Morgan fingerprint density at radius 2 is 2.03 bits per heavy atom. The number of cyclic esters (lactones) is 1. The summed E-state index contributed by atoms with van der Waals surface area (Å²) in [6.45, 7) is 4.04. The number of hydrogen-bond acceptors (Lipinski definition) is 5. The molecule has 6 nitrogen and oxygen atoms in total. The lowest BCUT2D eigenvalue weighted by Gasteiger charge is -2.31. The number of ether oxygens (including phenoxy) is 1. The Morgan fingerprint density at radius 1 is 1.24 bits per heavy atom. The van der Waals surface area contributed by atoms with Crippen LogP contribution in [0.5, 0.6) is 0 Å². The number of rotatable bonds is 2. The maximum absolute atomic E-state index is 13.2. The number of aliphatic hydroxyl groups is 1. The largest absolute Gasteiger partial charge is 0.458 e. The van der Waals surface area contributed by atoms with Crippen molar-refractivity contribution in [2.75, 3.05) is 0 Å². The number of hydrogen-bond donors (Lipinski definition) is 1. The van der Waals surface area contributed by atoms with Crippen molar-refractivity contribution >= 4 is 28.5 Å². The number of nitrogens with zero attached hydrogens (tertiary/aromatic N) is 2. The molecule has 0 bridgehead atoms. The van der Waals surface area contributed by atoms with E-state index in [1.807, 2.05) is 18.2 Å². The van der Waals surface area contributed by atoms with Crippen LogP contribution in [0.25, 0.3) is 22.3 Å². The first-order valence-corrected chi connectivity index (χ1v) is 10.0. The number of pyridine rings is 2. The van der Waals surface area contributed by atoms with Gasteiger partial charge in [-0.2, -0.15) is 0 Å². The third kappa shape index (κ3) is 2.36. The molecule has 0 spiro atoms. The topological polar surface area (TPSA) is 81.4 Å². The average Bonchev–Trinajstić information content (AvgIpc) is 3.08. The van der Waals surface area contributed by atoms with Gasteiger partial charge in [-0.15, -0.1) is 0 Å². The number of carbonyl (C=O) groups is 1. The van der Waals surface area contributed by atoms with Crippen LogP contribution in [0.1, 0.15) is 42.5 Å². The molecule has 2 aliphatic heterocycles. The van der Waals surface area contributed by atoms with Crippen molar-refractivity contribution < 1.29 is 14.6 Å². The van der Waals surface area contributed by atoms with Gasteiger partial charge in [0, 0.05) is 21.5 Å². The Hall–Kier alpha value is -2.70. The molecular weight excluding hydrogens is 392 g/mol. The number of fused-ring (bicyclic) bond motifs is 5. The molecule has 0 saturated heterocycles. The number of aromatic nitrogens is 2. The van der Waals surface area contributed by atoms with Gasteiger partial charge in [0.15, 0.2) is 5.60 Å². The monoisotopic (exact) mass is 410 g/mol. The Kier molecular flexibility index (Phi) is 3.89. The number of carbonyl (C=O) groups excluding carboxylic acids is 1. The average molecular weight is 411 g/mol. The highest BCUT2D eigenvalue weighted by molar-refractivity contribution is 6.31. The standard InChI is InChI=1S/C22H19ClN2O4/c1-3-12-13-6-5-11(23)7-17(13)24-19-14(12)9-25-18(19)8-16-15(20(25)26)10-29-21(27)22(16,28)4-2/h5-8,28H,3-4,9-10H2,1-2H3/t22-/m0/s1. The summed E-state index contributed by atoms with van der Waals surface area (Å²) >= 11 is 6.18. The van der Waals surface area contributed by atoms with Gasteiger partial charge < -0.3 is 14.4 Å². The van der Waals surface area contributed by atoms with Crippen LogP contribution in [-0.2, 0) is 34.7 Å². The molecule has 5 rings (SSSR count). The molecule has 0 aliphatic carbocycles. The molecule has 0 fully saturated rings. The smallest absolute Gasteiger partial charge is 0.343 e. The zero-order chi connectivity index (χ0) is 20.5. The van der Waals surface area contributed by atoms with E-state index in [0.29, 0.717) is 34.1 Å². The number of aryl methyl sites for hydroxylation is 1. The molecule has 0 amide bonds. The van der Waals surface area contributed by atoms with Gasteiger partial charge in [-0.3, -0.25) is 4.79 Å². The summed E-state index contributed by atoms with van der Waals surface area (Å²) < 4.78 is 6.78. The first kappa shape index (κ1) is 18.3. The van der Waals surface area contributed by atoms with Gasteiger partial charge in [0.05, 0.1) is 29.0 Å². The Bertz CT molecular complexity index is 1280. The van der Waals surface area contributed by atoms with Crippen LogP contribution in [0, 0.1) is 0 Å². The minimum Gasteiger partial charge on any atom is -0.458 e. The van der Waals surface area contributed by atoms with Crippen LogP contribution >= 0.6 is 11.6 Å². The maximum Gasteiger partial charge on any atom is 0.343 e. The Morgan fingerprint density at radius 3 is 2.76 bits per heavy atom. The molecule has 148 valence electrons. The fourth-order valence-corrected chi connectivity index (χ4v) is 4.71. The van der Waals surface area contributed by atoms with Crippen LogP contribution in [0.15, 0.2) is 29.1 Å². The van der Waals surface area contributed by atoms with Crippen molar-refractivity contribution in [3.63, 3.8) is 0 Å². The van der Waals surface area contributed by atoms with E-state index in [1.165, 1.54) is 0 Å². The predicted molar refractivity (Wildman–Crippen MR) is 109 cm³/mol. The van der Waals surface area contributed by atoms with E-state index in [2.05, 4.69) is 6.92 Å². The number of benzene rings is 1. The highest BCUT2D eigenvalue weighted by atomic mass is 35.5. The summed E-state index contributed by atoms with van der Waals surface area (Å²) in [5.41, 5.74) is 2.78. The van der Waals surface area contributed by atoms with Gasteiger partial charge in [0.2, 0.25) is 0 Å². The van der Waals surface area contributed by atoms with Crippen LogP contribution in [0.2, 0.25) is 5.02 Å². The van der Waals surface area contributed by atoms with Crippen molar-refractivity contribution in [1.29, 1.82) is 0 Å². The molecule has 0 radical (unpaired) electrons. The van der Waals surface area contributed by atoms with Crippen LogP contribution < -0.4 is 5.56 Å². The molecule has 1 atom stereocenters. The normalized spacial score (nSPS) is 19.7. The van der Waals surface area contributed by atoms with E-state index in [0.717, 1.165) is 28.5 Å². The number of esters is 1. The van der Waals surface area contributed by atoms with Crippen molar-refractivity contribution in [2.45, 2.75) is 45.4 Å². The summed E-state index contributed by atoms with van der Waals surface area (Å²) in [6, 6.07) is 7.35. The predicted octanol–water partition coefficient (Wildman–Crippen LogP) is 3.30. The third-order valence-corrected chi connectivity index (χ3v) is 6.36. The zero-order valence-electron chi connectivity index (χ0n) is 16.1. The maximum atomic E-state index is 13.2. The molecule has 0 saturated carbocycles. The first-order chi connectivity index (χ1) is 13.9. The van der Waals surface area contributed by atoms with E-state index in [-0.39, 0.29) is 18.6 Å². The van der Waals surface area contributed by atoms with Crippen LogP contribution in [0.3, 0.4) is 0 Å². The lowest BCUT2D eigenvalue weighted by Crippen LogP contribution is -2.44. The highest BCUT2D eigenvalue weighted by Gasteiger charge is 2.45.